The maximum Gasteiger partial charge on any atom is 0.137 e. The summed E-state index contributed by atoms with van der Waals surface area (Å²) in [6.07, 6.45) is 2.35. The molecule has 2 N–H and O–H groups in total. The van der Waals surface area contributed by atoms with Crippen molar-refractivity contribution in [2.24, 2.45) is 0 Å². The van der Waals surface area contributed by atoms with Gasteiger partial charge in [0.1, 0.15) is 23.5 Å². The molecule has 0 fully saturated rings. The van der Waals surface area contributed by atoms with E-state index in [1.807, 2.05) is 18.2 Å². The van der Waals surface area contributed by atoms with Crippen molar-refractivity contribution in [1.82, 2.24) is 20.5 Å². The normalized spacial score (nSPS) is 12.9. The maximum absolute atomic E-state index is 5.82. The van der Waals surface area contributed by atoms with Gasteiger partial charge >= 0.3 is 0 Å². The summed E-state index contributed by atoms with van der Waals surface area (Å²) in [5.41, 5.74) is 0.932. The molecule has 98 valence electrons. The van der Waals surface area contributed by atoms with Gasteiger partial charge in [-0.1, -0.05) is 18.2 Å². The number of hydrogen-bond donors (Lipinski definition) is 2. The van der Waals surface area contributed by atoms with Crippen LogP contribution in [0.4, 0.5) is 0 Å². The Bertz CT molecular complexity index is 611. The molecule has 2 aromatic heterocycles. The topological polar surface area (TPSA) is 66.7 Å². The molecule has 0 aliphatic heterocycles. The predicted octanol–water partition coefficient (Wildman–Crippen LogP) is 2.44. The molecule has 5 heteroatoms. The number of nitrogens with one attached hydrogen (secondary N) is 2. The van der Waals surface area contributed by atoms with Gasteiger partial charge in [-0.3, -0.25) is 5.10 Å². The molecule has 1 atom stereocenters. The number of rotatable bonds is 5. The molecule has 0 saturated heterocycles. The first-order valence-electron chi connectivity index (χ1n) is 6.39. The summed E-state index contributed by atoms with van der Waals surface area (Å²) in [4.78, 5) is 4.09. The minimum atomic E-state index is 0.176. The Morgan fingerprint density at radius 2 is 2.26 bits per heavy atom. The number of hydrogen-bond acceptors (Lipinski definition) is 4. The van der Waals surface area contributed by atoms with Gasteiger partial charge in [0.05, 0.1) is 6.04 Å². The lowest BCUT2D eigenvalue weighted by molar-refractivity contribution is 0.452. The summed E-state index contributed by atoms with van der Waals surface area (Å²) >= 11 is 0. The molecule has 3 aromatic rings. The lowest BCUT2D eigenvalue weighted by Gasteiger charge is -2.09. The molecule has 0 aliphatic carbocycles. The van der Waals surface area contributed by atoms with Crippen LogP contribution < -0.4 is 5.32 Å². The predicted molar refractivity (Wildman–Crippen MR) is 72.7 cm³/mol. The number of benzene rings is 1. The third-order valence-corrected chi connectivity index (χ3v) is 3.15. The van der Waals surface area contributed by atoms with E-state index in [1.165, 1.54) is 6.33 Å². The van der Waals surface area contributed by atoms with Crippen LogP contribution in [0.5, 0.6) is 0 Å². The van der Waals surface area contributed by atoms with Crippen molar-refractivity contribution in [2.45, 2.75) is 19.4 Å². The third kappa shape index (κ3) is 2.66. The molecule has 0 bridgehead atoms. The highest BCUT2D eigenvalue weighted by molar-refractivity contribution is 5.77. The van der Waals surface area contributed by atoms with E-state index in [0.29, 0.717) is 0 Å². The summed E-state index contributed by atoms with van der Waals surface area (Å²) < 4.78 is 5.82. The van der Waals surface area contributed by atoms with E-state index in [4.69, 9.17) is 4.42 Å². The first kappa shape index (κ1) is 11.9. The summed E-state index contributed by atoms with van der Waals surface area (Å²) in [7, 11) is 0. The first-order chi connectivity index (χ1) is 9.33. The Hall–Kier alpha value is -2.14. The van der Waals surface area contributed by atoms with E-state index in [-0.39, 0.29) is 6.04 Å². The van der Waals surface area contributed by atoms with E-state index in [2.05, 4.69) is 39.6 Å². The van der Waals surface area contributed by atoms with Gasteiger partial charge in [0.2, 0.25) is 0 Å². The Morgan fingerprint density at radius 3 is 3.05 bits per heavy atom. The van der Waals surface area contributed by atoms with Crippen LogP contribution in [-0.2, 0) is 6.42 Å². The first-order valence-corrected chi connectivity index (χ1v) is 6.39. The Morgan fingerprint density at radius 1 is 1.37 bits per heavy atom. The minimum Gasteiger partial charge on any atom is -0.459 e. The highest BCUT2D eigenvalue weighted by atomic mass is 16.3. The molecule has 1 aromatic carbocycles. The number of para-hydroxylation sites is 1. The van der Waals surface area contributed by atoms with Crippen LogP contribution in [0.15, 0.2) is 41.1 Å². The van der Waals surface area contributed by atoms with Gasteiger partial charge in [-0.15, -0.1) is 0 Å². The summed E-state index contributed by atoms with van der Waals surface area (Å²) in [6.45, 7) is 2.92. The monoisotopic (exact) mass is 256 g/mol. The van der Waals surface area contributed by atoms with Gasteiger partial charge in [-0.2, -0.15) is 5.10 Å². The average molecular weight is 256 g/mol. The van der Waals surface area contributed by atoms with Crippen molar-refractivity contribution in [3.05, 3.63) is 48.2 Å². The molecule has 3 rings (SSSR count). The number of aromatic amines is 1. The second-order valence-corrected chi connectivity index (χ2v) is 4.54. The van der Waals surface area contributed by atoms with Gasteiger partial charge in [0.15, 0.2) is 0 Å². The maximum atomic E-state index is 5.82. The van der Waals surface area contributed by atoms with Crippen LogP contribution in [0, 0.1) is 0 Å². The lowest BCUT2D eigenvalue weighted by atomic mass is 10.2. The molecule has 1 unspecified atom stereocenters. The molecule has 0 amide bonds. The van der Waals surface area contributed by atoms with Gasteiger partial charge in [0.25, 0.3) is 0 Å². The number of furan rings is 1. The van der Waals surface area contributed by atoms with Gasteiger partial charge in [-0.25, -0.2) is 4.98 Å². The highest BCUT2D eigenvalue weighted by Gasteiger charge is 2.10. The quantitative estimate of drug-likeness (QED) is 0.735. The van der Waals surface area contributed by atoms with Gasteiger partial charge < -0.3 is 9.73 Å². The molecule has 19 heavy (non-hydrogen) atoms. The van der Waals surface area contributed by atoms with Gasteiger partial charge in [-0.05, 0) is 19.1 Å². The second kappa shape index (κ2) is 5.24. The fourth-order valence-electron chi connectivity index (χ4n) is 2.07. The lowest BCUT2D eigenvalue weighted by Crippen LogP contribution is -2.21. The van der Waals surface area contributed by atoms with Crippen molar-refractivity contribution in [1.29, 1.82) is 0 Å². The van der Waals surface area contributed by atoms with E-state index >= 15 is 0 Å². The highest BCUT2D eigenvalue weighted by Crippen LogP contribution is 2.23. The van der Waals surface area contributed by atoms with Crippen molar-refractivity contribution in [3.8, 4) is 0 Å². The number of nitrogens with zero attached hydrogens (tertiary/aromatic N) is 2. The number of fused-ring (bicyclic) bond motifs is 1. The Labute approximate surface area is 111 Å². The largest absolute Gasteiger partial charge is 0.459 e. The molecule has 0 spiro atoms. The van der Waals surface area contributed by atoms with Crippen LogP contribution in [0.2, 0.25) is 0 Å². The second-order valence-electron chi connectivity index (χ2n) is 4.54. The summed E-state index contributed by atoms with van der Waals surface area (Å²) in [6, 6.07) is 10.3. The van der Waals surface area contributed by atoms with E-state index < -0.39 is 0 Å². The smallest absolute Gasteiger partial charge is 0.137 e. The van der Waals surface area contributed by atoms with Crippen molar-refractivity contribution in [2.75, 3.05) is 6.54 Å². The van der Waals surface area contributed by atoms with Crippen molar-refractivity contribution in [3.63, 3.8) is 0 Å². The summed E-state index contributed by atoms with van der Waals surface area (Å²) in [5, 5.41) is 11.2. The van der Waals surface area contributed by atoms with E-state index in [0.717, 1.165) is 35.5 Å². The molecule has 0 saturated carbocycles. The molecule has 5 nitrogen and oxygen atoms in total. The van der Waals surface area contributed by atoms with Crippen LogP contribution in [0.25, 0.3) is 11.0 Å². The SMILES string of the molecule is CC(NCCc1ncn[nH]1)c1cc2ccccc2o1. The zero-order chi connectivity index (χ0) is 13.1. The zero-order valence-electron chi connectivity index (χ0n) is 10.8. The molecular weight excluding hydrogens is 240 g/mol. The number of aromatic nitrogens is 3. The van der Waals surface area contributed by atoms with Crippen LogP contribution in [-0.4, -0.2) is 21.7 Å². The third-order valence-electron chi connectivity index (χ3n) is 3.15. The zero-order valence-corrected chi connectivity index (χ0v) is 10.8. The van der Waals surface area contributed by atoms with Crippen LogP contribution in [0.3, 0.4) is 0 Å². The van der Waals surface area contributed by atoms with E-state index in [9.17, 15) is 0 Å². The fraction of sp³-hybridized carbons (Fsp3) is 0.286. The van der Waals surface area contributed by atoms with Gasteiger partial charge in [0, 0.05) is 18.4 Å². The Balaban J connectivity index is 1.61. The fourth-order valence-corrected chi connectivity index (χ4v) is 2.07. The standard InChI is InChI=1S/C14H16N4O/c1-10(15-7-6-14-16-9-17-18-14)13-8-11-4-2-3-5-12(11)19-13/h2-5,8-10,15H,6-7H2,1H3,(H,16,17,18). The molecule has 0 aliphatic rings. The average Bonchev–Trinajstić information content (AvgIpc) is 3.07. The molecule has 0 radical (unpaired) electrons. The van der Waals surface area contributed by atoms with Crippen LogP contribution in [0.1, 0.15) is 24.6 Å². The Kier molecular flexibility index (Phi) is 3.29. The van der Waals surface area contributed by atoms with Crippen molar-refractivity contribution >= 4 is 11.0 Å². The van der Waals surface area contributed by atoms with Crippen LogP contribution >= 0.6 is 0 Å². The van der Waals surface area contributed by atoms with Crippen molar-refractivity contribution < 1.29 is 4.42 Å². The minimum absolute atomic E-state index is 0.176. The number of H-pyrrole nitrogens is 1. The molecular formula is C14H16N4O. The van der Waals surface area contributed by atoms with E-state index in [1.54, 1.807) is 0 Å². The molecule has 2 heterocycles. The summed E-state index contributed by atoms with van der Waals surface area (Å²) in [5.74, 6) is 1.85.